The molecule has 0 bridgehead atoms. The first-order chi connectivity index (χ1) is 12.3. The number of rotatable bonds is 4. The van der Waals surface area contributed by atoms with Gasteiger partial charge in [-0.1, -0.05) is 30.3 Å². The highest BCUT2D eigenvalue weighted by molar-refractivity contribution is 5.97. The Labute approximate surface area is 145 Å². The van der Waals surface area contributed by atoms with Crippen molar-refractivity contribution in [2.45, 2.75) is 12.6 Å². The minimum Gasteiger partial charge on any atom is -0.485 e. The number of anilines is 1. The fraction of sp³-hybridized carbons (Fsp3) is 0.158. The summed E-state index contributed by atoms with van der Waals surface area (Å²) < 4.78 is 11.6. The summed E-state index contributed by atoms with van der Waals surface area (Å²) in [4.78, 5) is 22.0. The molecule has 0 saturated carbocycles. The van der Waals surface area contributed by atoms with Gasteiger partial charge in [0.25, 0.3) is 5.91 Å². The van der Waals surface area contributed by atoms with E-state index in [1.165, 1.54) is 0 Å². The summed E-state index contributed by atoms with van der Waals surface area (Å²) in [7, 11) is 0. The zero-order chi connectivity index (χ0) is 17.1. The first-order valence-corrected chi connectivity index (χ1v) is 8.04. The largest absolute Gasteiger partial charge is 0.485 e. The molecule has 1 N–H and O–H groups in total. The molecule has 0 saturated heterocycles. The van der Waals surface area contributed by atoms with Crippen LogP contribution in [0.2, 0.25) is 0 Å². The van der Waals surface area contributed by atoms with E-state index in [1.807, 2.05) is 48.5 Å². The molecule has 126 valence electrons. The molecule has 1 aliphatic heterocycles. The van der Waals surface area contributed by atoms with Gasteiger partial charge in [-0.15, -0.1) is 0 Å². The number of amides is 1. The molecule has 3 aromatic rings. The zero-order valence-electron chi connectivity index (χ0n) is 13.5. The molecule has 0 radical (unpaired) electrons. The van der Waals surface area contributed by atoms with Gasteiger partial charge in [0.05, 0.1) is 6.54 Å². The highest BCUT2D eigenvalue weighted by Crippen LogP contribution is 2.32. The lowest BCUT2D eigenvalue weighted by Crippen LogP contribution is -2.46. The number of nitrogens with one attached hydrogen (secondary N) is 1. The van der Waals surface area contributed by atoms with E-state index in [4.69, 9.17) is 9.47 Å². The molecular weight excluding hydrogens is 318 g/mol. The number of hydrogen-bond donors (Lipinski definition) is 1. The maximum Gasteiger partial charge on any atom is 0.272 e. The molecule has 0 fully saturated rings. The van der Waals surface area contributed by atoms with Crippen LogP contribution in [0, 0.1) is 0 Å². The number of para-hydroxylation sites is 3. The number of benzene rings is 2. The maximum atomic E-state index is 13.1. The van der Waals surface area contributed by atoms with Crippen molar-refractivity contribution in [3.05, 3.63) is 72.8 Å². The summed E-state index contributed by atoms with van der Waals surface area (Å²) >= 11 is 0. The number of aromatic amines is 1. The summed E-state index contributed by atoms with van der Waals surface area (Å²) in [5, 5.41) is 0. The first-order valence-electron chi connectivity index (χ1n) is 8.04. The van der Waals surface area contributed by atoms with Gasteiger partial charge in [-0.25, -0.2) is 4.98 Å². The third-order valence-electron chi connectivity index (χ3n) is 3.98. The maximum absolute atomic E-state index is 13.1. The molecule has 4 rings (SSSR count). The first kappa shape index (κ1) is 15.3. The Hall–Kier alpha value is -3.28. The van der Waals surface area contributed by atoms with Gasteiger partial charge in [0.1, 0.15) is 12.4 Å². The lowest BCUT2D eigenvalue weighted by Gasteiger charge is -2.30. The van der Waals surface area contributed by atoms with Crippen LogP contribution < -0.4 is 14.4 Å². The topological polar surface area (TPSA) is 67.5 Å². The van der Waals surface area contributed by atoms with Crippen LogP contribution in [-0.2, 0) is 11.3 Å². The number of hydrogen-bond acceptors (Lipinski definition) is 4. The minimum atomic E-state index is -0.704. The van der Waals surface area contributed by atoms with Gasteiger partial charge < -0.3 is 19.4 Å². The Balaban J connectivity index is 1.60. The number of H-pyrrole nitrogens is 1. The third kappa shape index (κ3) is 3.19. The molecular formula is C19H17N3O3. The van der Waals surface area contributed by atoms with Gasteiger partial charge in [-0.3, -0.25) is 4.79 Å². The van der Waals surface area contributed by atoms with Crippen LogP contribution in [0.3, 0.4) is 0 Å². The smallest absolute Gasteiger partial charge is 0.272 e. The van der Waals surface area contributed by atoms with Crippen molar-refractivity contribution < 1.29 is 14.3 Å². The number of carbonyl (C=O) groups is 1. The van der Waals surface area contributed by atoms with Gasteiger partial charge in [-0.2, -0.15) is 0 Å². The predicted molar refractivity (Wildman–Crippen MR) is 92.6 cm³/mol. The fourth-order valence-corrected chi connectivity index (χ4v) is 2.75. The van der Waals surface area contributed by atoms with Crippen LogP contribution in [0.4, 0.5) is 5.69 Å². The highest BCUT2D eigenvalue weighted by atomic mass is 16.6. The highest BCUT2D eigenvalue weighted by Gasteiger charge is 2.32. The van der Waals surface area contributed by atoms with Crippen LogP contribution in [0.15, 0.2) is 67.0 Å². The van der Waals surface area contributed by atoms with Gasteiger partial charge in [0.2, 0.25) is 6.10 Å². The van der Waals surface area contributed by atoms with Crippen molar-refractivity contribution in [3.63, 3.8) is 0 Å². The normalized spacial score (nSPS) is 15.6. The number of carbonyl (C=O) groups excluding carboxylic acids is 1. The summed E-state index contributed by atoms with van der Waals surface area (Å²) in [5.74, 6) is 1.77. The van der Waals surface area contributed by atoms with Crippen LogP contribution in [0.1, 0.15) is 5.82 Å². The van der Waals surface area contributed by atoms with Gasteiger partial charge in [0.15, 0.2) is 11.5 Å². The van der Waals surface area contributed by atoms with Crippen molar-refractivity contribution in [2.24, 2.45) is 0 Å². The second-order valence-electron chi connectivity index (χ2n) is 5.66. The molecule has 6 heteroatoms. The van der Waals surface area contributed by atoms with Crippen molar-refractivity contribution in [3.8, 4) is 11.5 Å². The van der Waals surface area contributed by atoms with E-state index in [0.29, 0.717) is 23.9 Å². The fourth-order valence-electron chi connectivity index (χ4n) is 2.75. The van der Waals surface area contributed by atoms with Crippen LogP contribution >= 0.6 is 0 Å². The lowest BCUT2D eigenvalue weighted by atomic mass is 10.2. The Bertz CT molecular complexity index is 849. The van der Waals surface area contributed by atoms with Crippen molar-refractivity contribution in [2.75, 3.05) is 11.5 Å². The Morgan fingerprint density at radius 3 is 2.64 bits per heavy atom. The third-order valence-corrected chi connectivity index (χ3v) is 3.98. The number of imidazole rings is 1. The van der Waals surface area contributed by atoms with E-state index in [9.17, 15) is 4.79 Å². The Kier molecular flexibility index (Phi) is 4.08. The number of aromatic nitrogens is 2. The average Bonchev–Trinajstić information content (AvgIpc) is 3.19. The van der Waals surface area contributed by atoms with E-state index in [0.717, 1.165) is 5.69 Å². The summed E-state index contributed by atoms with van der Waals surface area (Å²) in [6, 6.07) is 16.8. The van der Waals surface area contributed by atoms with E-state index >= 15 is 0 Å². The molecule has 0 spiro atoms. The molecule has 1 amide bonds. The molecule has 25 heavy (non-hydrogen) atoms. The van der Waals surface area contributed by atoms with Crippen molar-refractivity contribution in [1.29, 1.82) is 0 Å². The minimum absolute atomic E-state index is 0.169. The molecule has 6 nitrogen and oxygen atoms in total. The Morgan fingerprint density at radius 2 is 1.88 bits per heavy atom. The van der Waals surface area contributed by atoms with Crippen molar-refractivity contribution in [1.82, 2.24) is 9.97 Å². The van der Waals surface area contributed by atoms with Gasteiger partial charge >= 0.3 is 0 Å². The van der Waals surface area contributed by atoms with E-state index in [2.05, 4.69) is 9.97 Å². The molecule has 1 aliphatic rings. The molecule has 1 atom stereocenters. The summed E-state index contributed by atoms with van der Waals surface area (Å²) in [6.45, 7) is 0.509. The molecule has 0 unspecified atom stereocenters. The van der Waals surface area contributed by atoms with Crippen LogP contribution in [0.25, 0.3) is 0 Å². The quantitative estimate of drug-likeness (QED) is 0.796. The number of nitrogens with zero attached hydrogens (tertiary/aromatic N) is 2. The van der Waals surface area contributed by atoms with Gasteiger partial charge in [-0.05, 0) is 24.3 Å². The van der Waals surface area contributed by atoms with Crippen molar-refractivity contribution >= 4 is 11.6 Å². The zero-order valence-corrected chi connectivity index (χ0v) is 13.5. The molecule has 0 aliphatic carbocycles. The predicted octanol–water partition coefficient (Wildman–Crippen LogP) is 2.78. The SMILES string of the molecule is O=C([C@H]1COc2ccccc2O1)N(Cc1ncc[nH]1)c1ccccc1. The van der Waals surface area contributed by atoms with Gasteiger partial charge in [0, 0.05) is 18.1 Å². The van der Waals surface area contributed by atoms with Crippen LogP contribution in [-0.4, -0.2) is 28.6 Å². The molecule has 2 aromatic carbocycles. The molecule has 1 aromatic heterocycles. The van der Waals surface area contributed by atoms with Crippen LogP contribution in [0.5, 0.6) is 11.5 Å². The monoisotopic (exact) mass is 335 g/mol. The van der Waals surface area contributed by atoms with E-state index in [1.54, 1.807) is 23.4 Å². The lowest BCUT2D eigenvalue weighted by molar-refractivity contribution is -0.127. The van der Waals surface area contributed by atoms with E-state index < -0.39 is 6.10 Å². The van der Waals surface area contributed by atoms with E-state index in [-0.39, 0.29) is 12.5 Å². The summed E-state index contributed by atoms with van der Waals surface area (Å²) in [6.07, 6.45) is 2.70. The second-order valence-corrected chi connectivity index (χ2v) is 5.66. The number of fused-ring (bicyclic) bond motifs is 1. The second kappa shape index (κ2) is 6.68. The average molecular weight is 335 g/mol. The number of ether oxygens (including phenoxy) is 2. The standard InChI is InChI=1S/C19H17N3O3/c23-19(17-13-24-15-8-4-5-9-16(15)25-17)22(12-18-20-10-11-21-18)14-6-2-1-3-7-14/h1-11,17H,12-13H2,(H,20,21)/t17-/m1/s1. The molecule has 2 heterocycles. The Morgan fingerprint density at radius 1 is 1.12 bits per heavy atom. The summed E-state index contributed by atoms with van der Waals surface area (Å²) in [5.41, 5.74) is 0.784.